The lowest BCUT2D eigenvalue weighted by Gasteiger charge is -2.18. The highest BCUT2D eigenvalue weighted by Crippen LogP contribution is 2.22. The fourth-order valence-corrected chi connectivity index (χ4v) is 2.76. The van der Waals surface area contributed by atoms with Crippen LogP contribution in [0.25, 0.3) is 0 Å². The topological polar surface area (TPSA) is 66.9 Å². The van der Waals surface area contributed by atoms with Crippen LogP contribution in [0, 0.1) is 0 Å². The van der Waals surface area contributed by atoms with Gasteiger partial charge in [0.05, 0.1) is 0 Å². The van der Waals surface area contributed by atoms with Crippen LogP contribution in [0.4, 0.5) is 11.6 Å². The highest BCUT2D eigenvalue weighted by molar-refractivity contribution is 7.84. The van der Waals surface area contributed by atoms with Crippen molar-refractivity contribution < 1.29 is 4.21 Å². The molecular weight excluding hydrogens is 260 g/mol. The molecule has 0 aliphatic carbocycles. The van der Waals surface area contributed by atoms with Crippen molar-refractivity contribution in [1.29, 1.82) is 0 Å². The molecular formula is C13H24N4OS. The summed E-state index contributed by atoms with van der Waals surface area (Å²) in [5.41, 5.74) is 1.11. The number of anilines is 2. The largest absolute Gasteiger partial charge is 0.370 e. The van der Waals surface area contributed by atoms with E-state index in [2.05, 4.69) is 27.5 Å². The monoisotopic (exact) mass is 284 g/mol. The summed E-state index contributed by atoms with van der Waals surface area (Å²) in [6, 6.07) is 0.130. The summed E-state index contributed by atoms with van der Waals surface area (Å²) >= 11 is 0. The molecule has 2 N–H and O–H groups in total. The predicted molar refractivity (Wildman–Crippen MR) is 82.2 cm³/mol. The van der Waals surface area contributed by atoms with Crippen molar-refractivity contribution in [3.63, 3.8) is 0 Å². The fraction of sp³-hybridized carbons (Fsp3) is 0.692. The molecule has 1 aromatic rings. The van der Waals surface area contributed by atoms with E-state index in [-0.39, 0.29) is 6.04 Å². The van der Waals surface area contributed by atoms with Gasteiger partial charge in [-0.3, -0.25) is 4.21 Å². The normalized spacial score (nSPS) is 13.9. The third-order valence-corrected chi connectivity index (χ3v) is 3.63. The Balaban J connectivity index is 2.91. The molecule has 0 saturated carbocycles. The molecule has 6 heteroatoms. The first kappa shape index (κ1) is 15.9. The van der Waals surface area contributed by atoms with Crippen LogP contribution in [-0.4, -0.2) is 38.8 Å². The van der Waals surface area contributed by atoms with Gasteiger partial charge in [-0.2, -0.15) is 0 Å². The number of aromatic nitrogens is 2. The molecule has 0 bridgehead atoms. The number of nitrogens with one attached hydrogen (secondary N) is 2. The van der Waals surface area contributed by atoms with E-state index in [9.17, 15) is 4.21 Å². The van der Waals surface area contributed by atoms with Crippen molar-refractivity contribution in [3.05, 3.63) is 11.9 Å². The van der Waals surface area contributed by atoms with Gasteiger partial charge in [0.2, 0.25) is 0 Å². The molecule has 108 valence electrons. The maximum Gasteiger partial charge on any atom is 0.134 e. The van der Waals surface area contributed by atoms with Crippen LogP contribution in [0.5, 0.6) is 0 Å². The lowest BCUT2D eigenvalue weighted by molar-refractivity contribution is 0.682. The molecule has 5 nitrogen and oxygen atoms in total. The fourth-order valence-electron chi connectivity index (χ4n) is 1.97. The Kier molecular flexibility index (Phi) is 6.77. The second-order valence-corrected chi connectivity index (χ2v) is 6.09. The zero-order valence-corrected chi connectivity index (χ0v) is 13.0. The Morgan fingerprint density at radius 2 is 2.00 bits per heavy atom. The second kappa shape index (κ2) is 8.09. The molecule has 1 rings (SSSR count). The van der Waals surface area contributed by atoms with Crippen molar-refractivity contribution in [2.75, 3.05) is 29.2 Å². The van der Waals surface area contributed by atoms with Gasteiger partial charge >= 0.3 is 0 Å². The Morgan fingerprint density at radius 3 is 2.58 bits per heavy atom. The molecule has 0 radical (unpaired) electrons. The standard InChI is InChI=1S/C13H24N4OS/c1-5-7-11-12(14-6-2)15-9-16-13(11)17-10(3)8-19(4)18/h9-10H,5-8H2,1-4H3,(H2,14,15,16,17). The van der Waals surface area contributed by atoms with Crippen molar-refractivity contribution >= 4 is 22.4 Å². The molecule has 0 aliphatic heterocycles. The van der Waals surface area contributed by atoms with Gasteiger partial charge in [0, 0.05) is 41.0 Å². The molecule has 0 aliphatic rings. The first-order valence-corrected chi connectivity index (χ1v) is 8.45. The minimum atomic E-state index is -0.810. The van der Waals surface area contributed by atoms with Gasteiger partial charge in [-0.05, 0) is 20.3 Å². The average Bonchev–Trinajstić information content (AvgIpc) is 2.32. The Morgan fingerprint density at radius 1 is 1.32 bits per heavy atom. The Bertz CT molecular complexity index is 425. The van der Waals surface area contributed by atoms with Gasteiger partial charge in [0.25, 0.3) is 0 Å². The summed E-state index contributed by atoms with van der Waals surface area (Å²) in [5, 5.41) is 6.61. The maximum absolute atomic E-state index is 11.3. The number of rotatable bonds is 8. The maximum atomic E-state index is 11.3. The van der Waals surface area contributed by atoms with E-state index in [4.69, 9.17) is 0 Å². The molecule has 0 spiro atoms. The average molecular weight is 284 g/mol. The van der Waals surface area contributed by atoms with Crippen molar-refractivity contribution in [2.45, 2.75) is 39.7 Å². The summed E-state index contributed by atoms with van der Waals surface area (Å²) in [7, 11) is -0.810. The highest BCUT2D eigenvalue weighted by Gasteiger charge is 2.13. The van der Waals surface area contributed by atoms with Gasteiger partial charge in [-0.1, -0.05) is 13.3 Å². The zero-order valence-electron chi connectivity index (χ0n) is 12.2. The molecule has 0 aromatic carbocycles. The second-order valence-electron chi connectivity index (χ2n) is 4.62. The van der Waals surface area contributed by atoms with Gasteiger partial charge in [0.15, 0.2) is 0 Å². The van der Waals surface area contributed by atoms with Crippen LogP contribution >= 0.6 is 0 Å². The van der Waals surface area contributed by atoms with Crippen LogP contribution in [0.3, 0.4) is 0 Å². The van der Waals surface area contributed by atoms with Crippen LogP contribution in [0.15, 0.2) is 6.33 Å². The van der Waals surface area contributed by atoms with E-state index in [0.717, 1.165) is 36.6 Å². The predicted octanol–water partition coefficient (Wildman–Crippen LogP) is 2.04. The highest BCUT2D eigenvalue weighted by atomic mass is 32.2. The van der Waals surface area contributed by atoms with Crippen LogP contribution in [0.2, 0.25) is 0 Å². The summed E-state index contributed by atoms with van der Waals surface area (Å²) in [5.74, 6) is 2.36. The van der Waals surface area contributed by atoms with E-state index in [1.165, 1.54) is 0 Å². The van der Waals surface area contributed by atoms with Crippen LogP contribution in [0.1, 0.15) is 32.8 Å². The van der Waals surface area contributed by atoms with E-state index in [1.54, 1.807) is 12.6 Å². The summed E-state index contributed by atoms with van der Waals surface area (Å²) in [4.78, 5) is 8.62. The van der Waals surface area contributed by atoms with Gasteiger partial charge in [0.1, 0.15) is 18.0 Å². The lowest BCUT2D eigenvalue weighted by atomic mass is 10.1. The zero-order chi connectivity index (χ0) is 14.3. The van der Waals surface area contributed by atoms with Crippen LogP contribution < -0.4 is 10.6 Å². The quantitative estimate of drug-likeness (QED) is 0.764. The third kappa shape index (κ3) is 5.14. The smallest absolute Gasteiger partial charge is 0.134 e. The Hall–Kier alpha value is -1.17. The van der Waals surface area contributed by atoms with E-state index >= 15 is 0 Å². The SMILES string of the molecule is CCCc1c(NCC)ncnc1NC(C)CS(C)=O. The molecule has 0 amide bonds. The van der Waals surface area contributed by atoms with E-state index in [0.29, 0.717) is 5.75 Å². The van der Waals surface area contributed by atoms with Crippen molar-refractivity contribution in [2.24, 2.45) is 0 Å². The summed E-state index contributed by atoms with van der Waals surface area (Å²) in [6.45, 7) is 7.04. The van der Waals surface area contributed by atoms with E-state index < -0.39 is 10.8 Å². The number of nitrogens with zero attached hydrogens (tertiary/aromatic N) is 2. The van der Waals surface area contributed by atoms with Crippen LogP contribution in [-0.2, 0) is 17.2 Å². The molecule has 0 fully saturated rings. The minimum absolute atomic E-state index is 0.130. The summed E-state index contributed by atoms with van der Waals surface area (Å²) < 4.78 is 11.3. The van der Waals surface area contributed by atoms with E-state index in [1.807, 2.05) is 13.8 Å². The number of hydrogen-bond donors (Lipinski definition) is 2. The molecule has 1 aromatic heterocycles. The number of hydrogen-bond acceptors (Lipinski definition) is 5. The lowest BCUT2D eigenvalue weighted by Crippen LogP contribution is -2.24. The first-order chi connectivity index (χ1) is 9.08. The third-order valence-electron chi connectivity index (χ3n) is 2.66. The molecule has 2 unspecified atom stereocenters. The first-order valence-electron chi connectivity index (χ1n) is 6.72. The molecule has 19 heavy (non-hydrogen) atoms. The minimum Gasteiger partial charge on any atom is -0.370 e. The van der Waals surface area contributed by atoms with Crippen molar-refractivity contribution in [3.8, 4) is 0 Å². The van der Waals surface area contributed by atoms with Gasteiger partial charge in [-0.25, -0.2) is 9.97 Å². The van der Waals surface area contributed by atoms with Gasteiger partial charge in [-0.15, -0.1) is 0 Å². The van der Waals surface area contributed by atoms with Gasteiger partial charge < -0.3 is 10.6 Å². The molecule has 2 atom stereocenters. The summed E-state index contributed by atoms with van der Waals surface area (Å²) in [6.07, 6.45) is 5.24. The molecule has 0 saturated heterocycles. The molecule has 1 heterocycles. The van der Waals surface area contributed by atoms with Crippen molar-refractivity contribution in [1.82, 2.24) is 9.97 Å². The Labute approximate surface area is 118 Å².